The Labute approximate surface area is 105 Å². The van der Waals surface area contributed by atoms with Gasteiger partial charge in [-0.3, -0.25) is 4.52 Å². The lowest BCUT2D eigenvalue weighted by atomic mass is 9.82. The molecular weight excluding hydrogens is 239 g/mol. The van der Waals surface area contributed by atoms with E-state index in [0.717, 1.165) is 25.7 Å². The van der Waals surface area contributed by atoms with Crippen LogP contribution in [0.5, 0.6) is 0 Å². The number of phosphoric ester groups is 1. The minimum atomic E-state index is -4.32. The Morgan fingerprint density at radius 1 is 1.12 bits per heavy atom. The zero-order valence-electron chi connectivity index (χ0n) is 11.4. The molecule has 104 valence electrons. The predicted molar refractivity (Wildman–Crippen MR) is 69.6 cm³/mol. The maximum atomic E-state index is 10.7. The van der Waals surface area contributed by atoms with Crippen molar-refractivity contribution in [3.05, 3.63) is 0 Å². The van der Waals surface area contributed by atoms with Crippen LogP contribution in [0.15, 0.2) is 0 Å². The summed E-state index contributed by atoms with van der Waals surface area (Å²) in [6, 6.07) is 0. The summed E-state index contributed by atoms with van der Waals surface area (Å²) in [6.07, 6.45) is 4.14. The molecule has 3 unspecified atom stereocenters. The molecule has 3 atom stereocenters. The van der Waals surface area contributed by atoms with E-state index in [1.807, 2.05) is 6.92 Å². The molecule has 0 heterocycles. The van der Waals surface area contributed by atoms with Gasteiger partial charge in [-0.2, -0.15) is 0 Å². The molecule has 0 saturated carbocycles. The second kappa shape index (κ2) is 8.25. The van der Waals surface area contributed by atoms with Crippen molar-refractivity contribution in [3.8, 4) is 0 Å². The van der Waals surface area contributed by atoms with Gasteiger partial charge >= 0.3 is 7.82 Å². The van der Waals surface area contributed by atoms with Crippen LogP contribution in [-0.2, 0) is 9.09 Å². The molecule has 0 amide bonds. The molecule has 0 aliphatic carbocycles. The molecule has 0 saturated heterocycles. The highest BCUT2D eigenvalue weighted by atomic mass is 31.2. The average molecular weight is 266 g/mol. The molecule has 5 heteroatoms. The van der Waals surface area contributed by atoms with Crippen LogP contribution in [-0.4, -0.2) is 16.4 Å². The summed E-state index contributed by atoms with van der Waals surface area (Å²) in [5.74, 6) is 1.51. The van der Waals surface area contributed by atoms with E-state index in [2.05, 4.69) is 25.3 Å². The number of hydrogen-bond acceptors (Lipinski definition) is 2. The topological polar surface area (TPSA) is 66.8 Å². The molecule has 0 aliphatic heterocycles. The smallest absolute Gasteiger partial charge is 0.303 e. The van der Waals surface area contributed by atoms with Gasteiger partial charge in [-0.25, -0.2) is 4.57 Å². The largest absolute Gasteiger partial charge is 0.469 e. The Morgan fingerprint density at radius 2 is 1.71 bits per heavy atom. The molecule has 0 spiro atoms. The molecular formula is C12H27O4P. The zero-order valence-corrected chi connectivity index (χ0v) is 12.3. The third-order valence-electron chi connectivity index (χ3n) is 3.66. The van der Waals surface area contributed by atoms with Crippen molar-refractivity contribution in [1.82, 2.24) is 0 Å². The highest BCUT2D eigenvalue weighted by Gasteiger charge is 2.22. The quantitative estimate of drug-likeness (QED) is 0.626. The maximum absolute atomic E-state index is 10.7. The van der Waals surface area contributed by atoms with Gasteiger partial charge in [0, 0.05) is 0 Å². The molecule has 0 aromatic heterocycles. The van der Waals surface area contributed by atoms with Gasteiger partial charge in [-0.1, -0.05) is 47.0 Å². The molecule has 4 nitrogen and oxygen atoms in total. The molecule has 0 fully saturated rings. The van der Waals surface area contributed by atoms with Crippen LogP contribution >= 0.6 is 7.82 Å². The molecule has 0 radical (unpaired) electrons. The Bertz CT molecular complexity index is 239. The first-order valence-electron chi connectivity index (χ1n) is 6.54. The normalized spacial score (nSPS) is 17.8. The van der Waals surface area contributed by atoms with Crippen LogP contribution in [0.4, 0.5) is 0 Å². The van der Waals surface area contributed by atoms with E-state index in [9.17, 15) is 4.57 Å². The first-order valence-corrected chi connectivity index (χ1v) is 8.07. The van der Waals surface area contributed by atoms with E-state index < -0.39 is 7.82 Å². The van der Waals surface area contributed by atoms with E-state index in [1.54, 1.807) is 0 Å². The van der Waals surface area contributed by atoms with Gasteiger partial charge in [-0.15, -0.1) is 0 Å². The predicted octanol–water partition coefficient (Wildman–Crippen LogP) is 3.58. The van der Waals surface area contributed by atoms with Crippen molar-refractivity contribution < 1.29 is 18.9 Å². The summed E-state index contributed by atoms with van der Waals surface area (Å²) in [7, 11) is -4.32. The van der Waals surface area contributed by atoms with Gasteiger partial charge in [0.1, 0.15) is 0 Å². The number of rotatable bonds is 9. The first kappa shape index (κ1) is 17.1. The van der Waals surface area contributed by atoms with Crippen molar-refractivity contribution in [2.45, 2.75) is 53.4 Å². The SMILES string of the molecule is CCC(COP(=O)(O)O)CC(CC)C(C)CC. The average Bonchev–Trinajstić information content (AvgIpc) is 2.27. The van der Waals surface area contributed by atoms with Crippen LogP contribution in [0.3, 0.4) is 0 Å². The van der Waals surface area contributed by atoms with Crippen molar-refractivity contribution in [1.29, 1.82) is 0 Å². The summed E-state index contributed by atoms with van der Waals surface area (Å²) < 4.78 is 15.3. The van der Waals surface area contributed by atoms with Crippen LogP contribution in [0.2, 0.25) is 0 Å². The highest BCUT2D eigenvalue weighted by molar-refractivity contribution is 7.46. The Balaban J connectivity index is 4.22. The van der Waals surface area contributed by atoms with Crippen LogP contribution < -0.4 is 0 Å². The number of hydrogen-bond donors (Lipinski definition) is 2. The third-order valence-corrected chi connectivity index (χ3v) is 4.15. The van der Waals surface area contributed by atoms with Gasteiger partial charge in [0.2, 0.25) is 0 Å². The summed E-state index contributed by atoms with van der Waals surface area (Å²) in [5, 5.41) is 0. The number of phosphoric acid groups is 1. The minimum Gasteiger partial charge on any atom is -0.303 e. The molecule has 0 bridgehead atoms. The van der Waals surface area contributed by atoms with Gasteiger partial charge in [0.25, 0.3) is 0 Å². The van der Waals surface area contributed by atoms with E-state index in [0.29, 0.717) is 11.8 Å². The maximum Gasteiger partial charge on any atom is 0.469 e. The fourth-order valence-electron chi connectivity index (χ4n) is 2.12. The second-order valence-electron chi connectivity index (χ2n) is 4.85. The fourth-order valence-corrected chi connectivity index (χ4v) is 2.52. The summed E-state index contributed by atoms with van der Waals surface area (Å²) >= 11 is 0. The standard InChI is InChI=1S/C12H27O4P/c1-5-10(4)12(7-3)8-11(6-2)9-16-17(13,14)15/h10-12H,5-9H2,1-4H3,(H2,13,14,15). The summed E-state index contributed by atoms with van der Waals surface area (Å²) in [6.45, 7) is 8.79. The zero-order chi connectivity index (χ0) is 13.5. The van der Waals surface area contributed by atoms with Crippen LogP contribution in [0, 0.1) is 17.8 Å². The third kappa shape index (κ3) is 7.93. The first-order chi connectivity index (χ1) is 7.84. The lowest BCUT2D eigenvalue weighted by molar-refractivity contribution is 0.144. The summed E-state index contributed by atoms with van der Waals surface area (Å²) in [4.78, 5) is 17.4. The molecule has 2 N–H and O–H groups in total. The van der Waals surface area contributed by atoms with E-state index >= 15 is 0 Å². The molecule has 0 aliphatic rings. The molecule has 0 aromatic carbocycles. The minimum absolute atomic E-state index is 0.160. The van der Waals surface area contributed by atoms with Crippen LogP contribution in [0.1, 0.15) is 53.4 Å². The second-order valence-corrected chi connectivity index (χ2v) is 6.09. The van der Waals surface area contributed by atoms with Crippen molar-refractivity contribution in [2.75, 3.05) is 6.61 Å². The molecule has 0 aromatic rings. The summed E-state index contributed by atoms with van der Waals surface area (Å²) in [5.41, 5.74) is 0. The molecule has 0 rings (SSSR count). The van der Waals surface area contributed by atoms with Crippen molar-refractivity contribution in [2.24, 2.45) is 17.8 Å². The monoisotopic (exact) mass is 266 g/mol. The lowest BCUT2D eigenvalue weighted by Gasteiger charge is -2.26. The van der Waals surface area contributed by atoms with Gasteiger partial charge in [-0.05, 0) is 24.2 Å². The Morgan fingerprint density at radius 3 is 2.06 bits per heavy atom. The van der Waals surface area contributed by atoms with E-state index in [4.69, 9.17) is 9.79 Å². The van der Waals surface area contributed by atoms with Crippen molar-refractivity contribution in [3.63, 3.8) is 0 Å². The van der Waals surface area contributed by atoms with E-state index in [1.165, 1.54) is 0 Å². The van der Waals surface area contributed by atoms with Gasteiger partial charge < -0.3 is 9.79 Å². The Kier molecular flexibility index (Phi) is 8.31. The lowest BCUT2D eigenvalue weighted by Crippen LogP contribution is -2.18. The van der Waals surface area contributed by atoms with E-state index in [-0.39, 0.29) is 12.5 Å². The molecule has 17 heavy (non-hydrogen) atoms. The fraction of sp³-hybridized carbons (Fsp3) is 1.00. The van der Waals surface area contributed by atoms with Gasteiger partial charge in [0.15, 0.2) is 0 Å². The Hall–Kier alpha value is 0.110. The van der Waals surface area contributed by atoms with Crippen molar-refractivity contribution >= 4 is 7.82 Å². The highest BCUT2D eigenvalue weighted by Crippen LogP contribution is 2.37. The van der Waals surface area contributed by atoms with Gasteiger partial charge in [0.05, 0.1) is 6.61 Å². The van der Waals surface area contributed by atoms with Crippen LogP contribution in [0.25, 0.3) is 0 Å².